The Morgan fingerprint density at radius 1 is 1.33 bits per heavy atom. The Morgan fingerprint density at radius 3 is 2.81 bits per heavy atom. The van der Waals surface area contributed by atoms with E-state index in [9.17, 15) is 0 Å². The summed E-state index contributed by atoms with van der Waals surface area (Å²) in [7, 11) is 2.12. The molecule has 0 saturated carbocycles. The molecule has 0 amide bonds. The summed E-state index contributed by atoms with van der Waals surface area (Å²) in [4.78, 5) is 14.1. The van der Waals surface area contributed by atoms with Gasteiger partial charge in [-0.05, 0) is 25.2 Å². The van der Waals surface area contributed by atoms with E-state index in [1.54, 1.807) is 11.3 Å². The average molecular weight is 325 g/mol. The number of aryl methyl sites for hydroxylation is 1. The summed E-state index contributed by atoms with van der Waals surface area (Å²) >= 11 is 3.64. The standard InChI is InChI=1S/C15H24N4S2/c1-5-7-16-15-17-13(19(3)8-9-20-4)12-10-11(6-2)21-14(12)18-15/h10H,5-9H2,1-4H3,(H,16,17,18). The number of rotatable bonds is 8. The predicted molar refractivity (Wildman–Crippen MR) is 97.2 cm³/mol. The smallest absolute Gasteiger partial charge is 0.226 e. The van der Waals surface area contributed by atoms with Crippen LogP contribution in [-0.2, 0) is 6.42 Å². The fraction of sp³-hybridized carbons (Fsp3) is 0.600. The lowest BCUT2D eigenvalue weighted by atomic mass is 10.3. The molecule has 0 atom stereocenters. The first-order valence-electron chi connectivity index (χ1n) is 7.44. The Labute approximate surface area is 135 Å². The number of anilines is 2. The van der Waals surface area contributed by atoms with Crippen molar-refractivity contribution >= 4 is 45.1 Å². The molecule has 0 radical (unpaired) electrons. The maximum Gasteiger partial charge on any atom is 0.226 e. The second-order valence-corrected chi connectivity index (χ2v) is 7.10. The van der Waals surface area contributed by atoms with E-state index in [1.807, 2.05) is 11.8 Å². The van der Waals surface area contributed by atoms with Gasteiger partial charge < -0.3 is 10.2 Å². The fourth-order valence-electron chi connectivity index (χ4n) is 2.07. The maximum absolute atomic E-state index is 4.74. The van der Waals surface area contributed by atoms with Crippen LogP contribution in [0.1, 0.15) is 25.1 Å². The SMILES string of the molecule is CCCNc1nc(N(C)CCSC)c2cc(CC)sc2n1. The van der Waals surface area contributed by atoms with E-state index in [2.05, 4.69) is 48.4 Å². The molecule has 0 saturated heterocycles. The van der Waals surface area contributed by atoms with E-state index >= 15 is 0 Å². The summed E-state index contributed by atoms with van der Waals surface area (Å²) < 4.78 is 0. The summed E-state index contributed by atoms with van der Waals surface area (Å²) in [5.74, 6) is 2.90. The number of thioether (sulfide) groups is 1. The van der Waals surface area contributed by atoms with Crippen LogP contribution in [0.4, 0.5) is 11.8 Å². The van der Waals surface area contributed by atoms with Gasteiger partial charge in [0.2, 0.25) is 5.95 Å². The van der Waals surface area contributed by atoms with Gasteiger partial charge in [0.05, 0.1) is 5.39 Å². The van der Waals surface area contributed by atoms with Crippen molar-refractivity contribution in [2.24, 2.45) is 0 Å². The average Bonchev–Trinajstić information content (AvgIpc) is 2.92. The molecule has 116 valence electrons. The molecule has 2 heterocycles. The molecule has 1 N–H and O–H groups in total. The van der Waals surface area contributed by atoms with Crippen molar-refractivity contribution in [3.63, 3.8) is 0 Å². The van der Waals surface area contributed by atoms with Crippen LogP contribution in [0.15, 0.2) is 6.07 Å². The number of hydrogen-bond donors (Lipinski definition) is 1. The molecule has 0 spiro atoms. The van der Waals surface area contributed by atoms with Crippen molar-refractivity contribution in [1.82, 2.24) is 9.97 Å². The highest BCUT2D eigenvalue weighted by Gasteiger charge is 2.14. The molecular weight excluding hydrogens is 300 g/mol. The lowest BCUT2D eigenvalue weighted by molar-refractivity contribution is 0.929. The van der Waals surface area contributed by atoms with Gasteiger partial charge in [-0.25, -0.2) is 4.98 Å². The van der Waals surface area contributed by atoms with Gasteiger partial charge in [0, 0.05) is 30.8 Å². The summed E-state index contributed by atoms with van der Waals surface area (Å²) in [5.41, 5.74) is 0. The molecule has 2 aromatic rings. The zero-order chi connectivity index (χ0) is 15.2. The van der Waals surface area contributed by atoms with E-state index in [4.69, 9.17) is 4.98 Å². The minimum absolute atomic E-state index is 0.750. The van der Waals surface area contributed by atoms with Crippen molar-refractivity contribution in [1.29, 1.82) is 0 Å². The van der Waals surface area contributed by atoms with Crippen molar-refractivity contribution in [2.45, 2.75) is 26.7 Å². The molecule has 0 bridgehead atoms. The first-order valence-corrected chi connectivity index (χ1v) is 9.65. The molecule has 0 aliphatic carbocycles. The first-order chi connectivity index (χ1) is 10.2. The van der Waals surface area contributed by atoms with Crippen LogP contribution >= 0.6 is 23.1 Å². The first kappa shape index (κ1) is 16.4. The van der Waals surface area contributed by atoms with Crippen molar-refractivity contribution in [3.8, 4) is 0 Å². The lowest BCUT2D eigenvalue weighted by Gasteiger charge is -2.19. The van der Waals surface area contributed by atoms with E-state index in [0.29, 0.717) is 0 Å². The van der Waals surface area contributed by atoms with E-state index in [1.165, 1.54) is 10.3 Å². The predicted octanol–water partition coefficient (Wildman–Crippen LogP) is 3.87. The zero-order valence-electron chi connectivity index (χ0n) is 13.3. The Morgan fingerprint density at radius 2 is 2.14 bits per heavy atom. The highest BCUT2D eigenvalue weighted by Crippen LogP contribution is 2.32. The van der Waals surface area contributed by atoms with E-state index < -0.39 is 0 Å². The Kier molecular flexibility index (Phi) is 6.11. The van der Waals surface area contributed by atoms with Crippen LogP contribution in [0.2, 0.25) is 0 Å². The fourth-order valence-corrected chi connectivity index (χ4v) is 3.49. The van der Waals surface area contributed by atoms with Crippen molar-refractivity contribution in [3.05, 3.63) is 10.9 Å². The monoisotopic (exact) mass is 324 g/mol. The van der Waals surface area contributed by atoms with Gasteiger partial charge in [-0.15, -0.1) is 11.3 Å². The third-order valence-corrected chi connectivity index (χ3v) is 5.06. The zero-order valence-corrected chi connectivity index (χ0v) is 14.9. The number of hydrogen-bond acceptors (Lipinski definition) is 6. The van der Waals surface area contributed by atoms with Crippen LogP contribution in [0.25, 0.3) is 10.2 Å². The Hall–Kier alpha value is -1.01. The topological polar surface area (TPSA) is 41.1 Å². The Balaban J connectivity index is 2.40. The highest BCUT2D eigenvalue weighted by molar-refractivity contribution is 7.98. The number of aromatic nitrogens is 2. The van der Waals surface area contributed by atoms with Gasteiger partial charge >= 0.3 is 0 Å². The molecule has 0 unspecified atom stereocenters. The quantitative estimate of drug-likeness (QED) is 0.798. The van der Waals surface area contributed by atoms with Crippen LogP contribution in [-0.4, -0.2) is 42.1 Å². The number of nitrogens with zero attached hydrogens (tertiary/aromatic N) is 3. The van der Waals surface area contributed by atoms with Crippen LogP contribution in [0.5, 0.6) is 0 Å². The summed E-state index contributed by atoms with van der Waals surface area (Å²) in [5, 5.41) is 4.50. The highest BCUT2D eigenvalue weighted by atomic mass is 32.2. The third kappa shape index (κ3) is 4.01. The molecule has 6 heteroatoms. The summed E-state index contributed by atoms with van der Waals surface area (Å²) in [6, 6.07) is 2.24. The van der Waals surface area contributed by atoms with Gasteiger partial charge in [0.15, 0.2) is 0 Å². The van der Waals surface area contributed by atoms with Crippen molar-refractivity contribution < 1.29 is 0 Å². The minimum atomic E-state index is 0.750. The third-order valence-electron chi connectivity index (χ3n) is 3.30. The summed E-state index contributed by atoms with van der Waals surface area (Å²) in [6.07, 6.45) is 4.26. The van der Waals surface area contributed by atoms with Gasteiger partial charge in [0.1, 0.15) is 10.6 Å². The molecule has 0 fully saturated rings. The molecule has 2 rings (SSSR count). The number of nitrogens with one attached hydrogen (secondary N) is 1. The molecular formula is C15H24N4S2. The van der Waals surface area contributed by atoms with Crippen LogP contribution in [0.3, 0.4) is 0 Å². The molecule has 0 aromatic carbocycles. The van der Waals surface area contributed by atoms with Gasteiger partial charge in [-0.3, -0.25) is 0 Å². The van der Waals surface area contributed by atoms with Crippen LogP contribution < -0.4 is 10.2 Å². The minimum Gasteiger partial charge on any atom is -0.358 e. The molecule has 2 aromatic heterocycles. The van der Waals surface area contributed by atoms with E-state index in [0.717, 1.165) is 48.3 Å². The normalized spacial score (nSPS) is 11.0. The molecule has 0 aliphatic rings. The largest absolute Gasteiger partial charge is 0.358 e. The number of fused-ring (bicyclic) bond motifs is 1. The van der Waals surface area contributed by atoms with E-state index in [-0.39, 0.29) is 0 Å². The van der Waals surface area contributed by atoms with Gasteiger partial charge in [-0.2, -0.15) is 16.7 Å². The van der Waals surface area contributed by atoms with Crippen molar-refractivity contribution in [2.75, 3.05) is 42.4 Å². The molecule has 4 nitrogen and oxygen atoms in total. The lowest BCUT2D eigenvalue weighted by Crippen LogP contribution is -2.22. The van der Waals surface area contributed by atoms with Gasteiger partial charge in [0.25, 0.3) is 0 Å². The summed E-state index contributed by atoms with van der Waals surface area (Å²) in [6.45, 7) is 6.24. The Bertz CT molecular complexity index is 582. The second-order valence-electron chi connectivity index (χ2n) is 5.00. The molecule has 0 aliphatic heterocycles. The number of thiophene rings is 1. The van der Waals surface area contributed by atoms with Crippen LogP contribution in [0, 0.1) is 0 Å². The maximum atomic E-state index is 4.74. The van der Waals surface area contributed by atoms with Gasteiger partial charge in [-0.1, -0.05) is 13.8 Å². The second kappa shape index (κ2) is 7.84. The molecule has 21 heavy (non-hydrogen) atoms.